The Hall–Kier alpha value is -3.77. The Morgan fingerprint density at radius 3 is 2.39 bits per heavy atom. The summed E-state index contributed by atoms with van der Waals surface area (Å²) in [5, 5.41) is 1.17. The first-order valence-corrected chi connectivity index (χ1v) is 13.5. The Bertz CT molecular complexity index is 1370. The first-order valence-electron chi connectivity index (χ1n) is 13.5. The maximum absolute atomic E-state index is 13.7. The number of piperazine rings is 1. The van der Waals surface area contributed by atoms with Crippen molar-refractivity contribution in [1.82, 2.24) is 14.4 Å². The molecule has 198 valence electrons. The monoisotopic (exact) mass is 511 g/mol. The first-order chi connectivity index (χ1) is 18.6. The van der Waals surface area contributed by atoms with E-state index in [1.165, 1.54) is 5.39 Å². The van der Waals surface area contributed by atoms with Crippen LogP contribution in [0.25, 0.3) is 10.9 Å². The van der Waals surface area contributed by atoms with Crippen molar-refractivity contribution in [2.24, 2.45) is 7.05 Å². The van der Waals surface area contributed by atoms with Gasteiger partial charge in [-0.3, -0.25) is 4.79 Å². The number of ether oxygens (including phenoxy) is 2. The van der Waals surface area contributed by atoms with Crippen LogP contribution in [0.3, 0.4) is 0 Å². The van der Waals surface area contributed by atoms with Crippen molar-refractivity contribution in [3.63, 3.8) is 0 Å². The summed E-state index contributed by atoms with van der Waals surface area (Å²) in [5.74, 6) is 1.45. The van der Waals surface area contributed by atoms with Crippen LogP contribution >= 0.6 is 0 Å². The van der Waals surface area contributed by atoms with Gasteiger partial charge in [0.15, 0.2) is 11.5 Å². The van der Waals surface area contributed by atoms with Crippen LogP contribution in [0.4, 0.5) is 0 Å². The number of hydrogen-bond donors (Lipinski definition) is 0. The minimum Gasteiger partial charge on any atom is -0.493 e. The summed E-state index contributed by atoms with van der Waals surface area (Å²) in [6.45, 7) is 7.07. The molecule has 5 rings (SSSR count). The van der Waals surface area contributed by atoms with Crippen LogP contribution in [0.5, 0.6) is 11.5 Å². The van der Waals surface area contributed by atoms with Gasteiger partial charge in [-0.05, 0) is 41.4 Å². The van der Waals surface area contributed by atoms with Crippen LogP contribution in [-0.2, 0) is 18.4 Å². The predicted molar refractivity (Wildman–Crippen MR) is 152 cm³/mol. The summed E-state index contributed by atoms with van der Waals surface area (Å²) in [7, 11) is 3.73. The molecule has 0 N–H and O–H groups in total. The Balaban J connectivity index is 1.49. The number of carbonyl (C=O) groups is 1. The van der Waals surface area contributed by atoms with Gasteiger partial charge in [0.2, 0.25) is 5.91 Å². The molecule has 4 aromatic rings. The SMILES string of the molecule is CCN1CCN(C(=O)C[C@H](c2ccc(OC)c(OCc3ccccc3)c2)c2cn(C)c3ccccc23)CC1. The van der Waals surface area contributed by atoms with Crippen molar-refractivity contribution < 1.29 is 14.3 Å². The molecular formula is C32H37N3O3. The maximum Gasteiger partial charge on any atom is 0.223 e. The average Bonchev–Trinajstić information content (AvgIpc) is 3.31. The van der Waals surface area contributed by atoms with Gasteiger partial charge in [-0.1, -0.05) is 61.5 Å². The molecule has 0 saturated carbocycles. The highest BCUT2D eigenvalue weighted by molar-refractivity contribution is 5.86. The summed E-state index contributed by atoms with van der Waals surface area (Å²) >= 11 is 0. The van der Waals surface area contributed by atoms with Crippen LogP contribution in [0.1, 0.15) is 36.0 Å². The molecule has 0 aliphatic carbocycles. The Morgan fingerprint density at radius 1 is 0.921 bits per heavy atom. The molecular weight excluding hydrogens is 474 g/mol. The number of benzene rings is 3. The molecule has 6 nitrogen and oxygen atoms in total. The van der Waals surface area contributed by atoms with E-state index in [1.807, 2.05) is 41.3 Å². The van der Waals surface area contributed by atoms with Gasteiger partial charge in [0.1, 0.15) is 6.61 Å². The fraction of sp³-hybridized carbons (Fsp3) is 0.344. The Kier molecular flexibility index (Phi) is 7.99. The topological polar surface area (TPSA) is 46.9 Å². The predicted octanol–water partition coefficient (Wildman–Crippen LogP) is 5.45. The van der Waals surface area contributed by atoms with Gasteiger partial charge < -0.3 is 23.8 Å². The number of likely N-dealkylation sites (N-methyl/N-ethyl adjacent to an activating group) is 1. The summed E-state index contributed by atoms with van der Waals surface area (Å²) in [5.41, 5.74) is 4.45. The number of rotatable bonds is 9. The van der Waals surface area contributed by atoms with E-state index in [9.17, 15) is 4.79 Å². The van der Waals surface area contributed by atoms with E-state index in [1.54, 1.807) is 7.11 Å². The van der Waals surface area contributed by atoms with E-state index in [0.717, 1.165) is 54.9 Å². The van der Waals surface area contributed by atoms with Crippen LogP contribution in [0.15, 0.2) is 79.0 Å². The van der Waals surface area contributed by atoms with E-state index < -0.39 is 0 Å². The van der Waals surface area contributed by atoms with Gasteiger partial charge in [-0.15, -0.1) is 0 Å². The standard InChI is InChI=1S/C32H37N3O3/c1-4-34-16-18-35(19-17-34)32(36)21-27(28-22-33(2)29-13-9-8-12-26(28)29)25-14-15-30(37-3)31(20-25)38-23-24-10-6-5-7-11-24/h5-15,20,22,27H,4,16-19,21,23H2,1-3H3/t27-/m1/s1. The lowest BCUT2D eigenvalue weighted by Gasteiger charge is -2.35. The Morgan fingerprint density at radius 2 is 1.66 bits per heavy atom. The van der Waals surface area contributed by atoms with Crippen molar-refractivity contribution in [3.8, 4) is 11.5 Å². The molecule has 0 radical (unpaired) electrons. The molecule has 0 unspecified atom stereocenters. The number of aryl methyl sites for hydroxylation is 1. The third-order valence-electron chi connectivity index (χ3n) is 7.68. The van der Waals surface area contributed by atoms with Gasteiger partial charge in [-0.25, -0.2) is 0 Å². The van der Waals surface area contributed by atoms with Gasteiger partial charge in [0.25, 0.3) is 0 Å². The highest BCUT2D eigenvalue weighted by atomic mass is 16.5. The number of hydrogen-bond acceptors (Lipinski definition) is 4. The molecule has 0 bridgehead atoms. The van der Waals surface area contributed by atoms with Crippen molar-refractivity contribution in [1.29, 1.82) is 0 Å². The summed E-state index contributed by atoms with van der Waals surface area (Å²) in [4.78, 5) is 18.1. The maximum atomic E-state index is 13.7. The van der Waals surface area contributed by atoms with Crippen molar-refractivity contribution in [2.75, 3.05) is 39.8 Å². The van der Waals surface area contributed by atoms with Crippen LogP contribution in [0.2, 0.25) is 0 Å². The van der Waals surface area contributed by atoms with Crippen LogP contribution in [0, 0.1) is 0 Å². The van der Waals surface area contributed by atoms with Gasteiger partial charge in [0, 0.05) is 62.7 Å². The number of nitrogens with zero attached hydrogens (tertiary/aromatic N) is 3. The fourth-order valence-corrected chi connectivity index (χ4v) is 5.43. The minimum absolute atomic E-state index is 0.109. The molecule has 3 aromatic carbocycles. The molecule has 6 heteroatoms. The first kappa shape index (κ1) is 25.9. The highest BCUT2D eigenvalue weighted by Gasteiger charge is 2.27. The second kappa shape index (κ2) is 11.7. The lowest BCUT2D eigenvalue weighted by molar-refractivity contribution is -0.133. The molecule has 1 fully saturated rings. The number of carbonyl (C=O) groups excluding carboxylic acids is 1. The normalized spacial score (nSPS) is 15.0. The molecule has 1 aliphatic rings. The van der Waals surface area contributed by atoms with E-state index in [4.69, 9.17) is 9.47 Å². The smallest absolute Gasteiger partial charge is 0.223 e. The quantitative estimate of drug-likeness (QED) is 0.300. The zero-order valence-corrected chi connectivity index (χ0v) is 22.6. The van der Waals surface area contributed by atoms with Crippen molar-refractivity contribution in [2.45, 2.75) is 25.9 Å². The van der Waals surface area contributed by atoms with E-state index in [0.29, 0.717) is 24.5 Å². The number of methoxy groups -OCH3 is 1. The van der Waals surface area contributed by atoms with Gasteiger partial charge >= 0.3 is 0 Å². The van der Waals surface area contributed by atoms with Crippen molar-refractivity contribution >= 4 is 16.8 Å². The van der Waals surface area contributed by atoms with Gasteiger partial charge in [-0.2, -0.15) is 0 Å². The molecule has 0 spiro atoms. The third kappa shape index (κ3) is 5.55. The molecule has 1 saturated heterocycles. The summed E-state index contributed by atoms with van der Waals surface area (Å²) < 4.78 is 14.0. The summed E-state index contributed by atoms with van der Waals surface area (Å²) in [6.07, 6.45) is 2.58. The lowest BCUT2D eigenvalue weighted by atomic mass is 9.87. The molecule has 1 aliphatic heterocycles. The fourth-order valence-electron chi connectivity index (χ4n) is 5.43. The Labute approximate surface area is 225 Å². The molecule has 1 aromatic heterocycles. The second-order valence-electron chi connectivity index (χ2n) is 9.97. The number of para-hydroxylation sites is 1. The van der Waals surface area contributed by atoms with E-state index in [-0.39, 0.29) is 11.8 Å². The second-order valence-corrected chi connectivity index (χ2v) is 9.97. The minimum atomic E-state index is -0.109. The number of amides is 1. The molecule has 1 amide bonds. The molecule has 2 heterocycles. The highest BCUT2D eigenvalue weighted by Crippen LogP contribution is 2.39. The summed E-state index contributed by atoms with van der Waals surface area (Å²) in [6, 6.07) is 24.6. The van der Waals surface area contributed by atoms with E-state index in [2.05, 4.69) is 66.0 Å². The lowest BCUT2D eigenvalue weighted by Crippen LogP contribution is -2.48. The number of fused-ring (bicyclic) bond motifs is 1. The van der Waals surface area contributed by atoms with Crippen LogP contribution in [-0.4, -0.2) is 60.1 Å². The zero-order valence-electron chi connectivity index (χ0n) is 22.6. The number of aromatic nitrogens is 1. The zero-order chi connectivity index (χ0) is 26.5. The van der Waals surface area contributed by atoms with Crippen LogP contribution < -0.4 is 9.47 Å². The third-order valence-corrected chi connectivity index (χ3v) is 7.68. The molecule has 38 heavy (non-hydrogen) atoms. The average molecular weight is 512 g/mol. The molecule has 1 atom stereocenters. The van der Waals surface area contributed by atoms with Gasteiger partial charge in [0.05, 0.1) is 7.11 Å². The van der Waals surface area contributed by atoms with Crippen molar-refractivity contribution in [3.05, 3.63) is 95.7 Å². The van der Waals surface area contributed by atoms with E-state index >= 15 is 0 Å². The largest absolute Gasteiger partial charge is 0.493 e.